The zero-order valence-electron chi connectivity index (χ0n) is 11.4. The summed E-state index contributed by atoms with van der Waals surface area (Å²) in [5.74, 6) is 0.559. The van der Waals surface area contributed by atoms with E-state index in [2.05, 4.69) is 14.5 Å². The Kier molecular flexibility index (Phi) is 4.10. The van der Waals surface area contributed by atoms with Crippen molar-refractivity contribution in [2.45, 2.75) is 13.0 Å². The van der Waals surface area contributed by atoms with E-state index in [1.165, 1.54) is 0 Å². The Morgan fingerprint density at radius 2 is 2.05 bits per heavy atom. The fourth-order valence-corrected chi connectivity index (χ4v) is 2.80. The minimum atomic E-state index is 0.559. The number of hydrogen-bond donors (Lipinski definition) is 1. The summed E-state index contributed by atoms with van der Waals surface area (Å²) in [6, 6.07) is 5.71. The van der Waals surface area contributed by atoms with Gasteiger partial charge in [-0.25, -0.2) is 4.98 Å². The number of rotatable bonds is 4. The first-order chi connectivity index (χ1) is 9.74. The highest BCUT2D eigenvalue weighted by Crippen LogP contribution is 2.22. The van der Waals surface area contributed by atoms with Gasteiger partial charge in [0.2, 0.25) is 5.95 Å². The first kappa shape index (κ1) is 13.7. The lowest BCUT2D eigenvalue weighted by Crippen LogP contribution is -2.37. The third-order valence-electron chi connectivity index (χ3n) is 3.70. The molecule has 0 bridgehead atoms. The topological polar surface area (TPSA) is 56.3 Å². The number of morpholine rings is 1. The molecule has 0 unspecified atom stereocenters. The molecule has 0 amide bonds. The molecule has 1 aliphatic rings. The number of imidazole rings is 1. The molecule has 5 nitrogen and oxygen atoms in total. The third-order valence-corrected chi connectivity index (χ3v) is 3.93. The number of aryl methyl sites for hydroxylation is 1. The van der Waals surface area contributed by atoms with Gasteiger partial charge in [0, 0.05) is 31.2 Å². The Labute approximate surface area is 123 Å². The molecule has 1 fully saturated rings. The second kappa shape index (κ2) is 5.99. The van der Waals surface area contributed by atoms with Crippen molar-refractivity contribution >= 4 is 28.6 Å². The Bertz CT molecular complexity index is 592. The van der Waals surface area contributed by atoms with Crippen LogP contribution in [0, 0.1) is 0 Å². The Morgan fingerprint density at radius 1 is 1.25 bits per heavy atom. The first-order valence-electron chi connectivity index (χ1n) is 6.95. The van der Waals surface area contributed by atoms with Crippen LogP contribution in [0.25, 0.3) is 11.0 Å². The fraction of sp³-hybridized carbons (Fsp3) is 0.500. The lowest BCUT2D eigenvalue weighted by molar-refractivity contribution is 0.0370. The molecular weight excluding hydrogens is 276 g/mol. The van der Waals surface area contributed by atoms with Crippen molar-refractivity contribution in [3.05, 3.63) is 23.2 Å². The van der Waals surface area contributed by atoms with E-state index >= 15 is 0 Å². The Morgan fingerprint density at radius 3 is 2.85 bits per heavy atom. The van der Waals surface area contributed by atoms with E-state index < -0.39 is 0 Å². The molecule has 0 spiro atoms. The SMILES string of the molecule is Nc1nc2cc(Cl)ccc2n1CCCN1CCOCC1. The van der Waals surface area contributed by atoms with Gasteiger partial charge in [0.05, 0.1) is 24.2 Å². The number of ether oxygens (including phenoxy) is 1. The van der Waals surface area contributed by atoms with Gasteiger partial charge in [-0.15, -0.1) is 0 Å². The van der Waals surface area contributed by atoms with Crippen LogP contribution in [-0.4, -0.2) is 47.3 Å². The van der Waals surface area contributed by atoms with Crippen LogP contribution in [0.1, 0.15) is 6.42 Å². The van der Waals surface area contributed by atoms with Crippen LogP contribution in [0.15, 0.2) is 18.2 Å². The lowest BCUT2D eigenvalue weighted by Gasteiger charge is -2.26. The van der Waals surface area contributed by atoms with Crippen molar-refractivity contribution in [3.63, 3.8) is 0 Å². The maximum atomic E-state index is 6.00. The summed E-state index contributed by atoms with van der Waals surface area (Å²) in [6.07, 6.45) is 1.05. The number of anilines is 1. The number of fused-ring (bicyclic) bond motifs is 1. The van der Waals surface area contributed by atoms with Crippen molar-refractivity contribution in [2.24, 2.45) is 0 Å². The van der Waals surface area contributed by atoms with E-state index in [1.54, 1.807) is 0 Å². The van der Waals surface area contributed by atoms with Gasteiger partial charge in [0.25, 0.3) is 0 Å². The van der Waals surface area contributed by atoms with E-state index in [9.17, 15) is 0 Å². The van der Waals surface area contributed by atoms with E-state index in [4.69, 9.17) is 22.1 Å². The summed E-state index contributed by atoms with van der Waals surface area (Å²) < 4.78 is 7.41. The normalized spacial score (nSPS) is 16.9. The van der Waals surface area contributed by atoms with Gasteiger partial charge in [-0.1, -0.05) is 11.6 Å². The van der Waals surface area contributed by atoms with Crippen LogP contribution < -0.4 is 5.73 Å². The molecule has 0 aliphatic carbocycles. The van der Waals surface area contributed by atoms with Gasteiger partial charge < -0.3 is 15.0 Å². The predicted octanol–water partition coefficient (Wildman–Crippen LogP) is 1.99. The Balaban J connectivity index is 1.66. The molecule has 0 saturated carbocycles. The highest BCUT2D eigenvalue weighted by Gasteiger charge is 2.11. The van der Waals surface area contributed by atoms with Crippen LogP contribution >= 0.6 is 11.6 Å². The maximum Gasteiger partial charge on any atom is 0.201 e. The average Bonchev–Trinajstić information content (AvgIpc) is 2.75. The first-order valence-corrected chi connectivity index (χ1v) is 7.33. The molecule has 2 N–H and O–H groups in total. The summed E-state index contributed by atoms with van der Waals surface area (Å²) in [5.41, 5.74) is 7.91. The van der Waals surface area contributed by atoms with E-state index in [1.807, 2.05) is 18.2 Å². The molecule has 1 saturated heterocycles. The number of hydrogen-bond acceptors (Lipinski definition) is 4. The molecule has 6 heteroatoms. The van der Waals surface area contributed by atoms with Crippen molar-refractivity contribution in [1.29, 1.82) is 0 Å². The van der Waals surface area contributed by atoms with Crippen molar-refractivity contribution in [3.8, 4) is 0 Å². The molecule has 108 valence electrons. The number of aromatic nitrogens is 2. The number of benzene rings is 1. The second-order valence-electron chi connectivity index (χ2n) is 5.06. The van der Waals surface area contributed by atoms with Gasteiger partial charge in [-0.2, -0.15) is 0 Å². The zero-order chi connectivity index (χ0) is 13.9. The number of nitrogen functional groups attached to an aromatic ring is 1. The number of nitrogens with zero attached hydrogens (tertiary/aromatic N) is 3. The van der Waals surface area contributed by atoms with Crippen LogP contribution in [-0.2, 0) is 11.3 Å². The molecule has 2 heterocycles. The second-order valence-corrected chi connectivity index (χ2v) is 5.50. The summed E-state index contributed by atoms with van der Waals surface area (Å²) >= 11 is 5.98. The molecule has 0 radical (unpaired) electrons. The van der Waals surface area contributed by atoms with Crippen molar-refractivity contribution < 1.29 is 4.74 Å². The van der Waals surface area contributed by atoms with Crippen LogP contribution in [0.2, 0.25) is 5.02 Å². The average molecular weight is 295 g/mol. The minimum absolute atomic E-state index is 0.559. The molecular formula is C14H19ClN4O. The van der Waals surface area contributed by atoms with Crippen LogP contribution in [0.4, 0.5) is 5.95 Å². The number of halogens is 1. The van der Waals surface area contributed by atoms with Gasteiger partial charge in [0.15, 0.2) is 0 Å². The molecule has 3 rings (SSSR count). The predicted molar refractivity (Wildman–Crippen MR) is 81.0 cm³/mol. The standard InChI is InChI=1S/C14H19ClN4O/c15-11-2-3-13-12(10-11)17-14(16)19(13)5-1-4-18-6-8-20-9-7-18/h2-3,10H,1,4-9H2,(H2,16,17). The largest absolute Gasteiger partial charge is 0.379 e. The van der Waals surface area contributed by atoms with Crippen LogP contribution in [0.3, 0.4) is 0 Å². The van der Waals surface area contributed by atoms with Crippen molar-refractivity contribution in [1.82, 2.24) is 14.5 Å². The monoisotopic (exact) mass is 294 g/mol. The van der Waals surface area contributed by atoms with E-state index in [0.29, 0.717) is 11.0 Å². The molecule has 1 aromatic heterocycles. The van der Waals surface area contributed by atoms with Crippen molar-refractivity contribution in [2.75, 3.05) is 38.6 Å². The van der Waals surface area contributed by atoms with Crippen LogP contribution in [0.5, 0.6) is 0 Å². The van der Waals surface area contributed by atoms with Gasteiger partial charge in [0.1, 0.15) is 0 Å². The summed E-state index contributed by atoms with van der Waals surface area (Å²) in [6.45, 7) is 5.67. The Hall–Kier alpha value is -1.30. The summed E-state index contributed by atoms with van der Waals surface area (Å²) in [5, 5.41) is 0.690. The van der Waals surface area contributed by atoms with Gasteiger partial charge in [-0.3, -0.25) is 4.90 Å². The molecule has 2 aromatic rings. The third kappa shape index (κ3) is 2.90. The summed E-state index contributed by atoms with van der Waals surface area (Å²) in [7, 11) is 0. The highest BCUT2D eigenvalue weighted by atomic mass is 35.5. The molecule has 20 heavy (non-hydrogen) atoms. The smallest absolute Gasteiger partial charge is 0.201 e. The quantitative estimate of drug-likeness (QED) is 0.937. The lowest BCUT2D eigenvalue weighted by atomic mass is 10.3. The van der Waals surface area contributed by atoms with Gasteiger partial charge >= 0.3 is 0 Å². The zero-order valence-corrected chi connectivity index (χ0v) is 12.1. The molecule has 0 atom stereocenters. The fourth-order valence-electron chi connectivity index (χ4n) is 2.63. The summed E-state index contributed by atoms with van der Waals surface area (Å²) in [4.78, 5) is 6.79. The highest BCUT2D eigenvalue weighted by molar-refractivity contribution is 6.31. The van der Waals surface area contributed by atoms with E-state index in [-0.39, 0.29) is 0 Å². The molecule has 1 aliphatic heterocycles. The number of nitrogens with two attached hydrogens (primary N) is 1. The minimum Gasteiger partial charge on any atom is -0.379 e. The molecule has 1 aromatic carbocycles. The van der Waals surface area contributed by atoms with E-state index in [0.717, 1.165) is 56.8 Å². The maximum absolute atomic E-state index is 6.00. The van der Waals surface area contributed by atoms with Gasteiger partial charge in [-0.05, 0) is 24.6 Å².